The number of halogens is 3. The van der Waals surface area contributed by atoms with Crippen LogP contribution in [0.5, 0.6) is 0 Å². The Hall–Kier alpha value is -0.190. The van der Waals surface area contributed by atoms with Gasteiger partial charge in [-0.1, -0.05) is 18.2 Å². The van der Waals surface area contributed by atoms with Gasteiger partial charge >= 0.3 is 0 Å². The topological polar surface area (TPSA) is 23.5 Å². The number of hydrogen-bond donors (Lipinski definition) is 1. The van der Waals surface area contributed by atoms with Crippen LogP contribution < -0.4 is 0 Å². The van der Waals surface area contributed by atoms with Gasteiger partial charge in [0.25, 0.3) is 6.43 Å². The zero-order chi connectivity index (χ0) is 9.56. The van der Waals surface area contributed by atoms with Crippen LogP contribution in [0.25, 0.3) is 0 Å². The molecule has 0 atom stereocenters. The standard InChI is InChI=1S/C7H12ClF2NO/c1-6(8)4-11(2-3-12)5-7(9)10/h7,12H,1-5H2. The summed E-state index contributed by atoms with van der Waals surface area (Å²) >= 11 is 5.43. The van der Waals surface area contributed by atoms with E-state index in [1.807, 2.05) is 0 Å². The van der Waals surface area contributed by atoms with Gasteiger partial charge in [0.1, 0.15) is 0 Å². The van der Waals surface area contributed by atoms with Crippen molar-refractivity contribution in [3.8, 4) is 0 Å². The molecule has 12 heavy (non-hydrogen) atoms. The van der Waals surface area contributed by atoms with E-state index in [-0.39, 0.29) is 26.2 Å². The molecule has 0 unspecified atom stereocenters. The van der Waals surface area contributed by atoms with E-state index in [4.69, 9.17) is 16.7 Å². The van der Waals surface area contributed by atoms with Gasteiger partial charge < -0.3 is 5.11 Å². The molecule has 0 amide bonds. The Labute approximate surface area is 75.4 Å². The zero-order valence-corrected chi connectivity index (χ0v) is 7.40. The summed E-state index contributed by atoms with van der Waals surface area (Å²) in [5.41, 5.74) is 0. The fraction of sp³-hybridized carbons (Fsp3) is 0.714. The van der Waals surface area contributed by atoms with Gasteiger partial charge in [0, 0.05) is 18.1 Å². The number of rotatable bonds is 6. The zero-order valence-electron chi connectivity index (χ0n) is 6.64. The van der Waals surface area contributed by atoms with Crippen LogP contribution in [0.2, 0.25) is 0 Å². The van der Waals surface area contributed by atoms with E-state index in [0.717, 1.165) is 0 Å². The van der Waals surface area contributed by atoms with Gasteiger partial charge in [0.15, 0.2) is 0 Å². The number of aliphatic hydroxyl groups excluding tert-OH is 1. The van der Waals surface area contributed by atoms with Gasteiger partial charge in [-0.05, 0) is 0 Å². The Kier molecular flexibility index (Phi) is 6.24. The van der Waals surface area contributed by atoms with Crippen molar-refractivity contribution in [1.82, 2.24) is 4.90 Å². The van der Waals surface area contributed by atoms with Crippen LogP contribution >= 0.6 is 11.6 Å². The molecule has 0 aliphatic carbocycles. The van der Waals surface area contributed by atoms with E-state index in [9.17, 15) is 8.78 Å². The van der Waals surface area contributed by atoms with Crippen molar-refractivity contribution in [2.24, 2.45) is 0 Å². The first kappa shape index (κ1) is 11.8. The fourth-order valence-corrected chi connectivity index (χ4v) is 0.983. The summed E-state index contributed by atoms with van der Waals surface area (Å²) in [6.45, 7) is 3.22. The van der Waals surface area contributed by atoms with Crippen LogP contribution in [-0.2, 0) is 0 Å². The van der Waals surface area contributed by atoms with E-state index in [0.29, 0.717) is 5.03 Å². The van der Waals surface area contributed by atoms with E-state index in [1.165, 1.54) is 4.90 Å². The Bertz CT molecular complexity index is 143. The molecule has 5 heteroatoms. The van der Waals surface area contributed by atoms with Crippen molar-refractivity contribution in [2.75, 3.05) is 26.2 Å². The second-order valence-electron chi connectivity index (χ2n) is 2.37. The summed E-state index contributed by atoms with van der Waals surface area (Å²) in [5.74, 6) is 0. The normalized spacial score (nSPS) is 11.2. The fourth-order valence-electron chi connectivity index (χ4n) is 0.814. The Morgan fingerprint density at radius 2 is 2.17 bits per heavy atom. The molecule has 0 heterocycles. The lowest BCUT2D eigenvalue weighted by atomic mass is 10.4. The summed E-state index contributed by atoms with van der Waals surface area (Å²) in [7, 11) is 0. The molecule has 2 nitrogen and oxygen atoms in total. The highest BCUT2D eigenvalue weighted by Crippen LogP contribution is 2.04. The van der Waals surface area contributed by atoms with Gasteiger partial charge in [0.05, 0.1) is 13.2 Å². The number of alkyl halides is 2. The SMILES string of the molecule is C=C(Cl)CN(CCO)CC(F)F. The number of hydrogen-bond acceptors (Lipinski definition) is 2. The van der Waals surface area contributed by atoms with Gasteiger partial charge in [-0.3, -0.25) is 4.90 Å². The highest BCUT2D eigenvalue weighted by Gasteiger charge is 2.11. The first-order chi connectivity index (χ1) is 5.56. The number of aliphatic hydroxyl groups is 1. The van der Waals surface area contributed by atoms with Crippen molar-refractivity contribution in [2.45, 2.75) is 6.43 Å². The first-order valence-electron chi connectivity index (χ1n) is 3.51. The maximum absolute atomic E-state index is 11.9. The summed E-state index contributed by atoms with van der Waals surface area (Å²) < 4.78 is 23.7. The van der Waals surface area contributed by atoms with E-state index >= 15 is 0 Å². The molecule has 0 aromatic rings. The minimum atomic E-state index is -2.41. The molecular formula is C7H12ClF2NO. The van der Waals surface area contributed by atoms with Crippen molar-refractivity contribution >= 4 is 11.6 Å². The molecule has 1 N–H and O–H groups in total. The lowest BCUT2D eigenvalue weighted by molar-refractivity contribution is 0.0840. The molecule has 72 valence electrons. The lowest BCUT2D eigenvalue weighted by Gasteiger charge is -2.19. The highest BCUT2D eigenvalue weighted by molar-refractivity contribution is 6.29. The third kappa shape index (κ3) is 6.52. The van der Waals surface area contributed by atoms with Crippen molar-refractivity contribution in [3.63, 3.8) is 0 Å². The minimum absolute atomic E-state index is 0.156. The summed E-state index contributed by atoms with van der Waals surface area (Å²) in [4.78, 5) is 1.35. The number of nitrogens with zero attached hydrogens (tertiary/aromatic N) is 1. The van der Waals surface area contributed by atoms with Crippen molar-refractivity contribution < 1.29 is 13.9 Å². The maximum Gasteiger partial charge on any atom is 0.251 e. The average molecular weight is 200 g/mol. The highest BCUT2D eigenvalue weighted by atomic mass is 35.5. The third-order valence-corrected chi connectivity index (χ3v) is 1.33. The first-order valence-corrected chi connectivity index (χ1v) is 3.88. The molecule has 0 aliphatic heterocycles. The molecule has 0 saturated heterocycles. The van der Waals surface area contributed by atoms with Gasteiger partial charge in [-0.25, -0.2) is 8.78 Å². The second kappa shape index (κ2) is 6.34. The summed E-state index contributed by atoms with van der Waals surface area (Å²) in [5, 5.41) is 8.80. The van der Waals surface area contributed by atoms with Crippen LogP contribution in [0, 0.1) is 0 Å². The molecule has 0 bridgehead atoms. The minimum Gasteiger partial charge on any atom is -0.395 e. The second-order valence-corrected chi connectivity index (χ2v) is 2.90. The van der Waals surface area contributed by atoms with E-state index in [1.54, 1.807) is 0 Å². The van der Waals surface area contributed by atoms with Crippen LogP contribution in [0.15, 0.2) is 11.6 Å². The monoisotopic (exact) mass is 199 g/mol. The average Bonchev–Trinajstić information content (AvgIpc) is 1.84. The molecule has 0 aromatic carbocycles. The Morgan fingerprint density at radius 1 is 1.58 bits per heavy atom. The Balaban J connectivity index is 3.77. The smallest absolute Gasteiger partial charge is 0.251 e. The molecule has 0 fully saturated rings. The van der Waals surface area contributed by atoms with Crippen LogP contribution in [0.3, 0.4) is 0 Å². The van der Waals surface area contributed by atoms with E-state index in [2.05, 4.69) is 6.58 Å². The van der Waals surface area contributed by atoms with Crippen LogP contribution in [-0.4, -0.2) is 42.7 Å². The van der Waals surface area contributed by atoms with Gasteiger partial charge in [-0.2, -0.15) is 0 Å². The predicted molar refractivity (Wildman–Crippen MR) is 44.5 cm³/mol. The molecule has 0 radical (unpaired) electrons. The molecule has 0 rings (SSSR count). The summed E-state index contributed by atoms with van der Waals surface area (Å²) in [6.07, 6.45) is -2.41. The molecular weight excluding hydrogens is 188 g/mol. The Morgan fingerprint density at radius 3 is 2.50 bits per heavy atom. The molecule has 0 spiro atoms. The van der Waals surface area contributed by atoms with Gasteiger partial charge in [-0.15, -0.1) is 0 Å². The van der Waals surface area contributed by atoms with Crippen LogP contribution in [0.4, 0.5) is 8.78 Å². The molecule has 0 aromatic heterocycles. The molecule has 0 saturated carbocycles. The molecule has 0 aliphatic rings. The predicted octanol–water partition coefficient (Wildman–Crippen LogP) is 1.30. The third-order valence-electron chi connectivity index (χ3n) is 1.21. The van der Waals surface area contributed by atoms with Gasteiger partial charge in [0.2, 0.25) is 0 Å². The van der Waals surface area contributed by atoms with E-state index < -0.39 is 6.43 Å². The summed E-state index contributed by atoms with van der Waals surface area (Å²) in [6, 6.07) is 0. The maximum atomic E-state index is 11.9. The van der Waals surface area contributed by atoms with Crippen LogP contribution in [0.1, 0.15) is 0 Å². The van der Waals surface area contributed by atoms with Crippen molar-refractivity contribution in [3.05, 3.63) is 11.6 Å². The quantitative estimate of drug-likeness (QED) is 0.697. The van der Waals surface area contributed by atoms with Crippen molar-refractivity contribution in [1.29, 1.82) is 0 Å². The lowest BCUT2D eigenvalue weighted by Crippen LogP contribution is -2.32. The largest absolute Gasteiger partial charge is 0.395 e.